The average Bonchev–Trinajstić information content (AvgIpc) is 2.96. The van der Waals surface area contributed by atoms with E-state index in [1.165, 1.54) is 0 Å². The number of hydrogen-bond donors (Lipinski definition) is 1. The van der Waals surface area contributed by atoms with Crippen molar-refractivity contribution in [3.05, 3.63) is 41.4 Å². The molecule has 80 valence electrons. The number of nitrogens with zero attached hydrogens (tertiary/aromatic N) is 3. The number of fused-ring (bicyclic) bond motifs is 1. The van der Waals surface area contributed by atoms with Crippen LogP contribution in [0.3, 0.4) is 0 Å². The summed E-state index contributed by atoms with van der Waals surface area (Å²) >= 11 is 1.64. The predicted molar refractivity (Wildman–Crippen MR) is 64.2 cm³/mol. The van der Waals surface area contributed by atoms with E-state index in [1.807, 2.05) is 35.8 Å². The van der Waals surface area contributed by atoms with Gasteiger partial charge >= 0.3 is 0 Å². The Labute approximate surface area is 96.4 Å². The van der Waals surface area contributed by atoms with Crippen LogP contribution in [-0.2, 0) is 6.54 Å². The van der Waals surface area contributed by atoms with Crippen LogP contribution >= 0.6 is 11.3 Å². The molecule has 0 unspecified atom stereocenters. The summed E-state index contributed by atoms with van der Waals surface area (Å²) in [6.07, 6.45) is 1.92. The molecule has 0 aliphatic rings. The van der Waals surface area contributed by atoms with Gasteiger partial charge in [-0.2, -0.15) is 0 Å². The van der Waals surface area contributed by atoms with Crippen LogP contribution in [0.1, 0.15) is 5.56 Å². The second kappa shape index (κ2) is 3.70. The Balaban J connectivity index is 2.16. The number of nitrogens with two attached hydrogens (primary N) is 1. The predicted octanol–water partition coefficient (Wildman–Crippen LogP) is 1.92. The van der Waals surface area contributed by atoms with Crippen LogP contribution in [0.4, 0.5) is 0 Å². The van der Waals surface area contributed by atoms with Crippen molar-refractivity contribution in [2.24, 2.45) is 5.73 Å². The van der Waals surface area contributed by atoms with Gasteiger partial charge in [-0.15, -0.1) is 16.4 Å². The van der Waals surface area contributed by atoms with Gasteiger partial charge in [0.25, 0.3) is 0 Å². The molecule has 0 radical (unpaired) electrons. The van der Waals surface area contributed by atoms with E-state index in [9.17, 15) is 0 Å². The minimum absolute atomic E-state index is 0.518. The van der Waals surface area contributed by atoms with Crippen molar-refractivity contribution in [1.29, 1.82) is 0 Å². The maximum Gasteiger partial charge on any atom is 0.192 e. The Morgan fingerprint density at radius 3 is 3.00 bits per heavy atom. The summed E-state index contributed by atoms with van der Waals surface area (Å²) in [5, 5.41) is 6.44. The molecule has 3 aromatic rings. The molecule has 0 aliphatic heterocycles. The number of thiophene rings is 1. The highest BCUT2D eigenvalue weighted by molar-refractivity contribution is 7.13. The fraction of sp³-hybridized carbons (Fsp3) is 0.0909. The Morgan fingerprint density at radius 2 is 2.25 bits per heavy atom. The molecule has 0 saturated carbocycles. The largest absolute Gasteiger partial charge is 0.326 e. The normalized spacial score (nSPS) is 11.1. The minimum Gasteiger partial charge on any atom is -0.326 e. The quantitative estimate of drug-likeness (QED) is 0.731. The summed E-state index contributed by atoms with van der Waals surface area (Å²) in [5.74, 6) is 0.768. The molecule has 0 spiro atoms. The first-order valence-corrected chi connectivity index (χ1v) is 5.84. The fourth-order valence-corrected chi connectivity index (χ4v) is 2.21. The molecule has 0 saturated heterocycles. The number of pyridine rings is 1. The van der Waals surface area contributed by atoms with Crippen LogP contribution in [0, 0.1) is 0 Å². The summed E-state index contributed by atoms with van der Waals surface area (Å²) in [5.41, 5.74) is 7.48. The van der Waals surface area contributed by atoms with Crippen molar-refractivity contribution in [2.75, 3.05) is 0 Å². The summed E-state index contributed by atoms with van der Waals surface area (Å²) in [4.78, 5) is 5.53. The first kappa shape index (κ1) is 9.50. The molecule has 0 aromatic carbocycles. The van der Waals surface area contributed by atoms with Gasteiger partial charge in [0.15, 0.2) is 11.5 Å². The van der Waals surface area contributed by atoms with Crippen LogP contribution < -0.4 is 5.73 Å². The van der Waals surface area contributed by atoms with Gasteiger partial charge < -0.3 is 5.73 Å². The molecule has 0 aliphatic carbocycles. The van der Waals surface area contributed by atoms with Crippen molar-refractivity contribution in [1.82, 2.24) is 14.6 Å². The molecule has 3 heterocycles. The summed E-state index contributed by atoms with van der Waals surface area (Å²) < 4.78 is 1.78. The lowest BCUT2D eigenvalue weighted by molar-refractivity contribution is 0.931. The molecule has 4 nitrogen and oxygen atoms in total. The molecule has 0 atom stereocenters. The molecule has 0 amide bonds. The van der Waals surface area contributed by atoms with E-state index >= 15 is 0 Å². The van der Waals surface area contributed by atoms with Gasteiger partial charge in [-0.1, -0.05) is 12.1 Å². The molecular formula is C11H10N4S. The summed E-state index contributed by atoms with van der Waals surface area (Å²) in [6.45, 7) is 0.518. The highest BCUT2D eigenvalue weighted by Gasteiger charge is 2.06. The van der Waals surface area contributed by atoms with Gasteiger partial charge in [0, 0.05) is 12.7 Å². The van der Waals surface area contributed by atoms with Crippen molar-refractivity contribution in [3.63, 3.8) is 0 Å². The van der Waals surface area contributed by atoms with E-state index in [0.717, 1.165) is 21.9 Å². The van der Waals surface area contributed by atoms with E-state index < -0.39 is 0 Å². The van der Waals surface area contributed by atoms with Crippen LogP contribution in [0.2, 0.25) is 0 Å². The smallest absolute Gasteiger partial charge is 0.192 e. The SMILES string of the molecule is NCc1ccc2nc(-c3cccs3)nn2c1. The highest BCUT2D eigenvalue weighted by atomic mass is 32.1. The third-order valence-electron chi connectivity index (χ3n) is 2.37. The second-order valence-electron chi connectivity index (χ2n) is 3.46. The van der Waals surface area contributed by atoms with Crippen LogP contribution in [0.5, 0.6) is 0 Å². The standard InChI is InChI=1S/C11H10N4S/c12-6-8-3-4-10-13-11(14-15(10)7-8)9-2-1-5-16-9/h1-5,7H,6,12H2. The maximum absolute atomic E-state index is 5.58. The lowest BCUT2D eigenvalue weighted by Gasteiger charge is -1.95. The van der Waals surface area contributed by atoms with Gasteiger partial charge in [0.05, 0.1) is 4.88 Å². The molecule has 3 aromatic heterocycles. The summed E-state index contributed by atoms with van der Waals surface area (Å²) in [7, 11) is 0. The molecule has 2 N–H and O–H groups in total. The number of rotatable bonds is 2. The van der Waals surface area contributed by atoms with Crippen LogP contribution in [0.15, 0.2) is 35.8 Å². The lowest BCUT2D eigenvalue weighted by atomic mass is 10.3. The van der Waals surface area contributed by atoms with Gasteiger partial charge in [0.1, 0.15) is 0 Å². The van der Waals surface area contributed by atoms with Crippen LogP contribution in [0.25, 0.3) is 16.3 Å². The molecule has 0 bridgehead atoms. The molecule has 0 fully saturated rings. The van der Waals surface area contributed by atoms with Gasteiger partial charge in [-0.25, -0.2) is 9.50 Å². The van der Waals surface area contributed by atoms with Crippen molar-refractivity contribution in [2.45, 2.75) is 6.54 Å². The third-order valence-corrected chi connectivity index (χ3v) is 3.24. The second-order valence-corrected chi connectivity index (χ2v) is 4.40. The van der Waals surface area contributed by atoms with Gasteiger partial charge in [-0.3, -0.25) is 0 Å². The van der Waals surface area contributed by atoms with Gasteiger partial charge in [-0.05, 0) is 23.1 Å². The van der Waals surface area contributed by atoms with E-state index in [-0.39, 0.29) is 0 Å². The fourth-order valence-electron chi connectivity index (χ4n) is 1.56. The average molecular weight is 230 g/mol. The molecular weight excluding hydrogens is 220 g/mol. The zero-order chi connectivity index (χ0) is 11.0. The Morgan fingerprint density at radius 1 is 1.31 bits per heavy atom. The van der Waals surface area contributed by atoms with E-state index in [2.05, 4.69) is 10.1 Å². The van der Waals surface area contributed by atoms with Crippen LogP contribution in [-0.4, -0.2) is 14.6 Å². The lowest BCUT2D eigenvalue weighted by Crippen LogP contribution is -1.98. The maximum atomic E-state index is 5.58. The van der Waals surface area contributed by atoms with Gasteiger partial charge in [0.2, 0.25) is 0 Å². The highest BCUT2D eigenvalue weighted by Crippen LogP contribution is 2.21. The van der Waals surface area contributed by atoms with E-state index in [1.54, 1.807) is 15.9 Å². The van der Waals surface area contributed by atoms with Crippen molar-refractivity contribution >= 4 is 17.0 Å². The first-order chi connectivity index (χ1) is 7.86. The molecule has 3 rings (SSSR count). The first-order valence-electron chi connectivity index (χ1n) is 4.96. The Kier molecular flexibility index (Phi) is 2.19. The van der Waals surface area contributed by atoms with E-state index in [0.29, 0.717) is 6.54 Å². The zero-order valence-electron chi connectivity index (χ0n) is 8.50. The topological polar surface area (TPSA) is 56.2 Å². The minimum atomic E-state index is 0.518. The number of aromatic nitrogens is 3. The molecule has 16 heavy (non-hydrogen) atoms. The number of hydrogen-bond acceptors (Lipinski definition) is 4. The van der Waals surface area contributed by atoms with E-state index in [4.69, 9.17) is 5.73 Å². The van der Waals surface area contributed by atoms with Crippen molar-refractivity contribution < 1.29 is 0 Å². The monoisotopic (exact) mass is 230 g/mol. The summed E-state index contributed by atoms with van der Waals surface area (Å²) in [6, 6.07) is 7.93. The third kappa shape index (κ3) is 1.50. The Hall–Kier alpha value is -1.72. The Bertz CT molecular complexity index is 612. The zero-order valence-corrected chi connectivity index (χ0v) is 9.31. The molecule has 5 heteroatoms. The van der Waals surface area contributed by atoms with Crippen molar-refractivity contribution in [3.8, 4) is 10.7 Å².